The minimum absolute atomic E-state index is 0.173. The van der Waals surface area contributed by atoms with E-state index >= 15 is 0 Å². The molecule has 0 amide bonds. The minimum atomic E-state index is -1.48. The van der Waals surface area contributed by atoms with Crippen molar-refractivity contribution >= 4 is 0 Å². The summed E-state index contributed by atoms with van der Waals surface area (Å²) >= 11 is 0. The number of halogens is 2. The molecule has 2 aliphatic rings. The van der Waals surface area contributed by atoms with Crippen LogP contribution in [0.15, 0.2) is 0 Å². The van der Waals surface area contributed by atoms with Crippen LogP contribution in [-0.4, -0.2) is 38.3 Å². The van der Waals surface area contributed by atoms with Gasteiger partial charge in [0, 0.05) is 7.11 Å². The molecule has 0 aromatic rings. The van der Waals surface area contributed by atoms with Crippen LogP contribution in [0.5, 0.6) is 0 Å². The molecule has 0 aromatic heterocycles. The molecule has 142 valence electrons. The number of methoxy groups -OCH3 is 1. The lowest BCUT2D eigenvalue weighted by Gasteiger charge is -2.40. The zero-order chi connectivity index (χ0) is 17.5. The average Bonchev–Trinajstić information content (AvgIpc) is 2.58. The predicted molar refractivity (Wildman–Crippen MR) is 93.7 cm³/mol. The largest absolute Gasteiger partial charge is 0.378 e. The second-order valence-electron chi connectivity index (χ2n) is 8.02. The standard InChI is InChI=1S/C20H36F2O2/c1-4-6-14(2)7-5-8-16-10-9-15(13-24-16)17-11-12-18(23-3)20(22)19(17)21/h14-20H,4-13H2,1-3H3. The molecule has 24 heavy (non-hydrogen) atoms. The zero-order valence-corrected chi connectivity index (χ0v) is 15.7. The average molecular weight is 347 g/mol. The SMILES string of the molecule is CCCC(C)CCCC1CCC(C2CCC(OC)C(F)C2F)CO1. The first-order chi connectivity index (χ1) is 11.6. The van der Waals surface area contributed by atoms with Crippen molar-refractivity contribution in [3.8, 4) is 0 Å². The quantitative estimate of drug-likeness (QED) is 0.578. The smallest absolute Gasteiger partial charge is 0.157 e. The highest BCUT2D eigenvalue weighted by Gasteiger charge is 2.44. The summed E-state index contributed by atoms with van der Waals surface area (Å²) in [5.74, 6) is 0.777. The van der Waals surface area contributed by atoms with Crippen LogP contribution in [0.4, 0.5) is 8.78 Å². The van der Waals surface area contributed by atoms with Gasteiger partial charge < -0.3 is 9.47 Å². The van der Waals surface area contributed by atoms with E-state index < -0.39 is 18.4 Å². The van der Waals surface area contributed by atoms with Crippen LogP contribution in [0.25, 0.3) is 0 Å². The van der Waals surface area contributed by atoms with E-state index in [9.17, 15) is 8.78 Å². The highest BCUT2D eigenvalue weighted by molar-refractivity contribution is 4.92. The lowest BCUT2D eigenvalue weighted by molar-refractivity contribution is -0.0983. The number of ether oxygens (including phenoxy) is 2. The molecule has 0 spiro atoms. The van der Waals surface area contributed by atoms with Crippen molar-refractivity contribution in [3.05, 3.63) is 0 Å². The van der Waals surface area contributed by atoms with Gasteiger partial charge in [0.1, 0.15) is 6.17 Å². The van der Waals surface area contributed by atoms with E-state index in [4.69, 9.17) is 9.47 Å². The van der Waals surface area contributed by atoms with Crippen molar-refractivity contribution in [2.45, 2.75) is 96.2 Å². The summed E-state index contributed by atoms with van der Waals surface area (Å²) in [7, 11) is 1.47. The van der Waals surface area contributed by atoms with Crippen LogP contribution in [0.1, 0.15) is 71.6 Å². The van der Waals surface area contributed by atoms with Crippen LogP contribution in [0, 0.1) is 17.8 Å². The highest BCUT2D eigenvalue weighted by Crippen LogP contribution is 2.39. The Hall–Kier alpha value is -0.220. The third kappa shape index (κ3) is 5.39. The van der Waals surface area contributed by atoms with Gasteiger partial charge in [-0.15, -0.1) is 0 Å². The molecule has 1 aliphatic heterocycles. The van der Waals surface area contributed by atoms with Gasteiger partial charge in [-0.1, -0.05) is 39.5 Å². The topological polar surface area (TPSA) is 18.5 Å². The van der Waals surface area contributed by atoms with Gasteiger partial charge in [0.25, 0.3) is 0 Å². The van der Waals surface area contributed by atoms with Crippen molar-refractivity contribution in [3.63, 3.8) is 0 Å². The van der Waals surface area contributed by atoms with Crippen molar-refractivity contribution in [1.29, 1.82) is 0 Å². The summed E-state index contributed by atoms with van der Waals surface area (Å²) in [5.41, 5.74) is 0. The van der Waals surface area contributed by atoms with Gasteiger partial charge in [-0.3, -0.25) is 0 Å². The number of alkyl halides is 2. The number of hydrogen-bond acceptors (Lipinski definition) is 2. The first kappa shape index (κ1) is 20.1. The van der Waals surface area contributed by atoms with Crippen LogP contribution >= 0.6 is 0 Å². The molecule has 2 fully saturated rings. The van der Waals surface area contributed by atoms with Crippen molar-refractivity contribution < 1.29 is 18.3 Å². The van der Waals surface area contributed by atoms with Crippen LogP contribution in [0.3, 0.4) is 0 Å². The lowest BCUT2D eigenvalue weighted by atomic mass is 9.74. The Bertz CT molecular complexity index is 345. The van der Waals surface area contributed by atoms with E-state index in [0.717, 1.165) is 25.2 Å². The first-order valence-corrected chi connectivity index (χ1v) is 9.99. The molecule has 2 rings (SSSR count). The molecule has 1 saturated heterocycles. The van der Waals surface area contributed by atoms with Crippen LogP contribution in [-0.2, 0) is 9.47 Å². The molecule has 7 atom stereocenters. The van der Waals surface area contributed by atoms with Gasteiger partial charge in [0.05, 0.1) is 18.8 Å². The van der Waals surface area contributed by atoms with E-state index in [2.05, 4.69) is 13.8 Å². The predicted octanol–water partition coefficient (Wildman–Crippen LogP) is 5.49. The maximum atomic E-state index is 14.4. The van der Waals surface area contributed by atoms with E-state index in [1.807, 2.05) is 0 Å². The molecule has 0 aromatic carbocycles. The highest BCUT2D eigenvalue weighted by atomic mass is 19.2. The maximum Gasteiger partial charge on any atom is 0.157 e. The number of hydrogen-bond donors (Lipinski definition) is 0. The molecule has 7 unspecified atom stereocenters. The normalized spacial score (nSPS) is 38.9. The van der Waals surface area contributed by atoms with Crippen LogP contribution < -0.4 is 0 Å². The molecule has 0 radical (unpaired) electrons. The van der Waals surface area contributed by atoms with Gasteiger partial charge in [0.2, 0.25) is 0 Å². The third-order valence-electron chi connectivity index (χ3n) is 6.17. The minimum Gasteiger partial charge on any atom is -0.378 e. The summed E-state index contributed by atoms with van der Waals surface area (Å²) in [6.07, 6.45) is 6.35. The first-order valence-electron chi connectivity index (χ1n) is 9.99. The lowest BCUT2D eigenvalue weighted by Crippen LogP contribution is -2.46. The molecule has 4 heteroatoms. The molecule has 1 aliphatic carbocycles. The zero-order valence-electron chi connectivity index (χ0n) is 15.7. The van der Waals surface area contributed by atoms with E-state index in [-0.39, 0.29) is 11.8 Å². The number of rotatable bonds is 8. The fourth-order valence-corrected chi connectivity index (χ4v) is 4.58. The Balaban J connectivity index is 1.69. The summed E-state index contributed by atoms with van der Waals surface area (Å²) in [4.78, 5) is 0. The Labute approximate surface area is 146 Å². The second-order valence-corrected chi connectivity index (χ2v) is 8.02. The fraction of sp³-hybridized carbons (Fsp3) is 1.00. The molecular formula is C20H36F2O2. The van der Waals surface area contributed by atoms with Gasteiger partial charge in [0.15, 0.2) is 6.17 Å². The summed E-state index contributed by atoms with van der Waals surface area (Å²) in [6, 6.07) is 0. The Morgan fingerprint density at radius 1 is 1.08 bits per heavy atom. The Kier molecular flexibility index (Phi) is 8.42. The van der Waals surface area contributed by atoms with E-state index in [0.29, 0.717) is 25.6 Å². The Morgan fingerprint density at radius 2 is 1.88 bits per heavy atom. The van der Waals surface area contributed by atoms with Crippen molar-refractivity contribution in [2.24, 2.45) is 17.8 Å². The van der Waals surface area contributed by atoms with Gasteiger partial charge in [-0.05, 0) is 49.9 Å². The fourth-order valence-electron chi connectivity index (χ4n) is 4.58. The van der Waals surface area contributed by atoms with Crippen molar-refractivity contribution in [1.82, 2.24) is 0 Å². The monoisotopic (exact) mass is 346 g/mol. The molecule has 1 saturated carbocycles. The Morgan fingerprint density at radius 3 is 2.50 bits per heavy atom. The maximum absolute atomic E-state index is 14.4. The molecule has 2 nitrogen and oxygen atoms in total. The molecule has 1 heterocycles. The van der Waals surface area contributed by atoms with Gasteiger partial charge in [-0.2, -0.15) is 0 Å². The third-order valence-corrected chi connectivity index (χ3v) is 6.17. The van der Waals surface area contributed by atoms with E-state index in [1.165, 1.54) is 32.8 Å². The summed E-state index contributed by atoms with van der Waals surface area (Å²) in [6.45, 7) is 5.16. The molecular weight excluding hydrogens is 310 g/mol. The second kappa shape index (κ2) is 10.1. The van der Waals surface area contributed by atoms with Crippen molar-refractivity contribution in [2.75, 3.05) is 13.7 Å². The van der Waals surface area contributed by atoms with Gasteiger partial charge in [-0.25, -0.2) is 8.78 Å². The summed E-state index contributed by atoms with van der Waals surface area (Å²) in [5, 5.41) is 0. The van der Waals surface area contributed by atoms with Gasteiger partial charge >= 0.3 is 0 Å². The van der Waals surface area contributed by atoms with E-state index in [1.54, 1.807) is 0 Å². The molecule has 0 bridgehead atoms. The van der Waals surface area contributed by atoms with Crippen LogP contribution in [0.2, 0.25) is 0 Å². The summed E-state index contributed by atoms with van der Waals surface area (Å²) < 4.78 is 39.6. The molecule has 0 N–H and O–H groups in total.